The molecule has 4 nitrogen and oxygen atoms in total. The van der Waals surface area contributed by atoms with E-state index in [1.807, 2.05) is 0 Å². The van der Waals surface area contributed by atoms with Crippen LogP contribution in [0.2, 0.25) is 0 Å². The lowest BCUT2D eigenvalue weighted by Gasteiger charge is -2.17. The number of nitrogens with zero attached hydrogens (tertiary/aromatic N) is 2. The first-order valence-electron chi connectivity index (χ1n) is 6.11. The molecular weight excluding hydrogens is 305 g/mol. The predicted molar refractivity (Wildman–Crippen MR) is 76.0 cm³/mol. The summed E-state index contributed by atoms with van der Waals surface area (Å²) in [5.74, 6) is 0.0268. The molecule has 1 rings (SSSR count). The Morgan fingerprint density at radius 2 is 2.00 bits per heavy atom. The Kier molecular flexibility index (Phi) is 5.63. The number of rotatable bonds is 4. The molecule has 0 aliphatic rings. The third kappa shape index (κ3) is 6.34. The van der Waals surface area contributed by atoms with Crippen molar-refractivity contribution in [2.45, 2.75) is 38.6 Å². The lowest BCUT2D eigenvalue weighted by molar-refractivity contribution is -0.153. The minimum Gasteiger partial charge on any atom is -0.591 e. The van der Waals surface area contributed by atoms with Gasteiger partial charge in [-0.15, -0.1) is 0 Å². The van der Waals surface area contributed by atoms with Crippen LogP contribution in [0.5, 0.6) is 5.75 Å². The first-order valence-corrected chi connectivity index (χ1v) is 7.22. The number of aromatic nitrogens is 1. The van der Waals surface area contributed by atoms with Crippen LogP contribution in [0.3, 0.4) is 0 Å². The molecule has 8 heteroatoms. The second-order valence-electron chi connectivity index (χ2n) is 5.37. The van der Waals surface area contributed by atoms with Gasteiger partial charge in [-0.05, 0) is 39.3 Å². The van der Waals surface area contributed by atoms with Crippen molar-refractivity contribution in [2.75, 3.05) is 6.61 Å². The van der Waals surface area contributed by atoms with E-state index >= 15 is 0 Å². The SMILES string of the molecule is Cc1cc(OCC(F)(F)F)cnc1/C=N/[S@+]([O-])C(C)(C)C. The number of alkyl halides is 3. The Bertz CT molecular complexity index is 513. The van der Waals surface area contributed by atoms with Crippen LogP contribution < -0.4 is 4.74 Å². The molecule has 1 aromatic rings. The van der Waals surface area contributed by atoms with Crippen LogP contribution in [0, 0.1) is 6.92 Å². The van der Waals surface area contributed by atoms with Crippen molar-refractivity contribution >= 4 is 17.6 Å². The largest absolute Gasteiger partial charge is 0.591 e. The molecule has 0 saturated carbocycles. The summed E-state index contributed by atoms with van der Waals surface area (Å²) in [4.78, 5) is 3.96. The van der Waals surface area contributed by atoms with E-state index < -0.39 is 28.9 Å². The summed E-state index contributed by atoms with van der Waals surface area (Å²) in [6.45, 7) is 5.66. The highest BCUT2D eigenvalue weighted by Gasteiger charge is 2.28. The van der Waals surface area contributed by atoms with Crippen molar-refractivity contribution < 1.29 is 22.5 Å². The van der Waals surface area contributed by atoms with Gasteiger partial charge < -0.3 is 9.29 Å². The van der Waals surface area contributed by atoms with E-state index in [0.29, 0.717) is 11.3 Å². The van der Waals surface area contributed by atoms with Gasteiger partial charge in [0.05, 0.1) is 11.9 Å². The van der Waals surface area contributed by atoms with Crippen LogP contribution in [0.4, 0.5) is 13.2 Å². The maximum atomic E-state index is 12.0. The van der Waals surface area contributed by atoms with Gasteiger partial charge in [-0.25, -0.2) is 0 Å². The van der Waals surface area contributed by atoms with E-state index in [4.69, 9.17) is 0 Å². The summed E-state index contributed by atoms with van der Waals surface area (Å²) in [6, 6.07) is 1.43. The van der Waals surface area contributed by atoms with E-state index in [9.17, 15) is 17.7 Å². The zero-order valence-electron chi connectivity index (χ0n) is 12.2. The molecule has 0 amide bonds. The van der Waals surface area contributed by atoms with Crippen molar-refractivity contribution in [1.29, 1.82) is 0 Å². The Morgan fingerprint density at radius 3 is 2.48 bits per heavy atom. The van der Waals surface area contributed by atoms with Crippen molar-refractivity contribution in [2.24, 2.45) is 4.40 Å². The van der Waals surface area contributed by atoms with Crippen LogP contribution in [0.1, 0.15) is 32.0 Å². The van der Waals surface area contributed by atoms with Gasteiger partial charge in [0.15, 0.2) is 6.61 Å². The molecule has 0 radical (unpaired) electrons. The minimum absolute atomic E-state index is 0.0268. The van der Waals surface area contributed by atoms with Crippen LogP contribution in [-0.2, 0) is 11.4 Å². The van der Waals surface area contributed by atoms with E-state index in [0.717, 1.165) is 0 Å². The van der Waals surface area contributed by atoms with E-state index in [2.05, 4.69) is 14.1 Å². The molecule has 0 saturated heterocycles. The average Bonchev–Trinajstić information content (AvgIpc) is 2.32. The van der Waals surface area contributed by atoms with Gasteiger partial charge in [-0.2, -0.15) is 13.2 Å². The molecule has 0 aromatic carbocycles. The summed E-state index contributed by atoms with van der Waals surface area (Å²) < 4.78 is 55.9. The molecule has 0 aliphatic heterocycles. The van der Waals surface area contributed by atoms with Gasteiger partial charge in [0.25, 0.3) is 0 Å². The standard InChI is InChI=1S/C13H17F3N2O2S/c1-9-5-10(20-8-13(14,15)16)6-17-11(9)7-18-21(19)12(2,3)4/h5-7H,8H2,1-4H3/b18-7+/t21-/m1/s1. The lowest BCUT2D eigenvalue weighted by Crippen LogP contribution is -2.25. The third-order valence-corrected chi connectivity index (χ3v) is 3.64. The molecule has 1 atom stereocenters. The van der Waals surface area contributed by atoms with E-state index in [1.54, 1.807) is 27.7 Å². The van der Waals surface area contributed by atoms with Gasteiger partial charge >= 0.3 is 6.18 Å². The van der Waals surface area contributed by atoms with E-state index in [-0.39, 0.29) is 5.75 Å². The summed E-state index contributed by atoms with van der Waals surface area (Å²) in [5, 5.41) is 0. The number of hydrogen-bond donors (Lipinski definition) is 0. The van der Waals surface area contributed by atoms with Gasteiger partial charge in [0, 0.05) is 0 Å². The molecule has 0 aliphatic carbocycles. The first kappa shape index (κ1) is 17.8. The number of hydrogen-bond acceptors (Lipinski definition) is 4. The van der Waals surface area contributed by atoms with Gasteiger partial charge in [-0.1, -0.05) is 4.40 Å². The lowest BCUT2D eigenvalue weighted by atomic mass is 10.2. The Labute approximate surface area is 124 Å². The fraction of sp³-hybridized carbons (Fsp3) is 0.538. The molecule has 1 heterocycles. The summed E-state index contributed by atoms with van der Waals surface area (Å²) in [6.07, 6.45) is -1.86. The molecular formula is C13H17F3N2O2S. The van der Waals surface area contributed by atoms with Crippen LogP contribution in [-0.4, -0.2) is 33.3 Å². The zero-order valence-corrected chi connectivity index (χ0v) is 13.0. The molecule has 0 fully saturated rings. The van der Waals surface area contributed by atoms with Crippen LogP contribution in [0.25, 0.3) is 0 Å². The number of ether oxygens (including phenoxy) is 1. The van der Waals surface area contributed by atoms with Crippen LogP contribution in [0.15, 0.2) is 16.7 Å². The Balaban J connectivity index is 2.77. The fourth-order valence-corrected chi connectivity index (χ4v) is 1.71. The highest BCUT2D eigenvalue weighted by atomic mass is 32.2. The molecule has 1 aromatic heterocycles. The van der Waals surface area contributed by atoms with Crippen LogP contribution >= 0.6 is 0 Å². The second-order valence-corrected chi connectivity index (χ2v) is 7.31. The molecule has 0 spiro atoms. The number of aryl methyl sites for hydroxylation is 1. The average molecular weight is 322 g/mol. The maximum Gasteiger partial charge on any atom is 0.422 e. The fourth-order valence-electron chi connectivity index (χ4n) is 1.19. The quantitative estimate of drug-likeness (QED) is 0.632. The first-order chi connectivity index (χ1) is 9.49. The minimum atomic E-state index is -4.39. The van der Waals surface area contributed by atoms with Crippen molar-refractivity contribution in [3.8, 4) is 5.75 Å². The Morgan fingerprint density at radius 1 is 1.38 bits per heavy atom. The Hall–Kier alpha value is -1.28. The second kappa shape index (κ2) is 6.65. The van der Waals surface area contributed by atoms with E-state index in [1.165, 1.54) is 18.5 Å². The summed E-state index contributed by atoms with van der Waals surface area (Å²) >= 11 is -1.42. The van der Waals surface area contributed by atoms with Gasteiger partial charge in [0.2, 0.25) is 0 Å². The number of pyridine rings is 1. The normalized spacial score (nSPS) is 14.5. The third-order valence-electron chi connectivity index (χ3n) is 2.29. The predicted octanol–water partition coefficient (Wildman–Crippen LogP) is 3.21. The highest BCUT2D eigenvalue weighted by Crippen LogP contribution is 2.20. The monoisotopic (exact) mass is 322 g/mol. The molecule has 21 heavy (non-hydrogen) atoms. The molecule has 118 valence electrons. The van der Waals surface area contributed by atoms with Gasteiger partial charge in [0.1, 0.15) is 28.1 Å². The molecule has 0 bridgehead atoms. The smallest absolute Gasteiger partial charge is 0.422 e. The topological polar surface area (TPSA) is 57.5 Å². The molecule has 0 N–H and O–H groups in total. The van der Waals surface area contributed by atoms with Gasteiger partial charge in [-0.3, -0.25) is 4.98 Å². The van der Waals surface area contributed by atoms with Crippen molar-refractivity contribution in [3.05, 3.63) is 23.5 Å². The summed E-state index contributed by atoms with van der Waals surface area (Å²) in [5.41, 5.74) is 1.02. The highest BCUT2D eigenvalue weighted by molar-refractivity contribution is 7.91. The molecule has 0 unspecified atom stereocenters. The summed E-state index contributed by atoms with van der Waals surface area (Å²) in [7, 11) is 0. The van der Waals surface area contributed by atoms with Crippen molar-refractivity contribution in [3.63, 3.8) is 0 Å². The number of halogens is 3. The zero-order chi connectivity index (χ0) is 16.3. The maximum absolute atomic E-state index is 12.0. The van der Waals surface area contributed by atoms with Crippen molar-refractivity contribution in [1.82, 2.24) is 4.98 Å².